The molecule has 0 bridgehead atoms. The fourth-order valence-corrected chi connectivity index (χ4v) is 11.6. The molecule has 0 fully saturated rings. The van der Waals surface area contributed by atoms with Crippen molar-refractivity contribution >= 4 is 17.9 Å². The van der Waals surface area contributed by atoms with Crippen molar-refractivity contribution in [1.82, 2.24) is 0 Å². The summed E-state index contributed by atoms with van der Waals surface area (Å²) in [7, 11) is 5.99. The van der Waals surface area contributed by atoms with Crippen LogP contribution in [-0.4, -0.2) is 87.4 Å². The van der Waals surface area contributed by atoms with Crippen molar-refractivity contribution in [3.63, 3.8) is 0 Å². The molecule has 0 rings (SSSR count). The average Bonchev–Trinajstić information content (AvgIpc) is 3.74. The number of allylic oxidation sites excluding steroid dienone is 10. The van der Waals surface area contributed by atoms with Crippen molar-refractivity contribution in [3.05, 3.63) is 60.8 Å². The topological polar surface area (TPSA) is 108 Å². The Hall–Kier alpha value is -3.01. The molecule has 0 heterocycles. The molecule has 0 saturated heterocycles. The first-order valence-electron chi connectivity index (χ1n) is 39.0. The van der Waals surface area contributed by atoms with Crippen LogP contribution < -0.4 is 0 Å². The van der Waals surface area contributed by atoms with Crippen molar-refractivity contribution in [2.45, 2.75) is 392 Å². The third-order valence-electron chi connectivity index (χ3n) is 17.5. The molecule has 0 aromatic rings. The lowest BCUT2D eigenvalue weighted by Gasteiger charge is -2.25. The van der Waals surface area contributed by atoms with Crippen LogP contribution in [0, 0.1) is 0 Å². The molecule has 1 N–H and O–H groups in total. The van der Waals surface area contributed by atoms with Gasteiger partial charge in [0.05, 0.1) is 34.4 Å². The van der Waals surface area contributed by atoms with Gasteiger partial charge in [0.2, 0.25) is 0 Å². The maximum absolute atomic E-state index is 13.0. The van der Waals surface area contributed by atoms with Gasteiger partial charge in [-0.15, -0.1) is 0 Å². The first-order chi connectivity index (χ1) is 44.1. The van der Waals surface area contributed by atoms with Crippen LogP contribution in [0.2, 0.25) is 0 Å². The third-order valence-corrected chi connectivity index (χ3v) is 17.5. The van der Waals surface area contributed by atoms with Crippen LogP contribution in [0.15, 0.2) is 60.8 Å². The second-order valence-electron chi connectivity index (χ2n) is 27.7. The number of hydrogen-bond acceptors (Lipinski definition) is 7. The van der Waals surface area contributed by atoms with Gasteiger partial charge in [0.15, 0.2) is 6.10 Å². The second-order valence-corrected chi connectivity index (χ2v) is 27.7. The van der Waals surface area contributed by atoms with E-state index in [0.717, 1.165) is 77.0 Å². The maximum atomic E-state index is 13.0. The van der Waals surface area contributed by atoms with Crippen LogP contribution in [0.1, 0.15) is 380 Å². The number of likely N-dealkylation sites (N-methyl/N-ethyl adjacent to an activating group) is 1. The summed E-state index contributed by atoms with van der Waals surface area (Å²) in [5, 5.41) is 9.76. The van der Waals surface area contributed by atoms with Gasteiger partial charge in [0, 0.05) is 12.8 Å². The minimum atomic E-state index is -1.51. The number of quaternary nitrogens is 1. The predicted octanol–water partition coefficient (Wildman–Crippen LogP) is 24.6. The van der Waals surface area contributed by atoms with Gasteiger partial charge in [0.25, 0.3) is 6.29 Å². The lowest BCUT2D eigenvalue weighted by molar-refractivity contribution is -0.870. The molecule has 2 unspecified atom stereocenters. The van der Waals surface area contributed by atoms with Crippen LogP contribution in [-0.2, 0) is 33.3 Å². The molecule has 9 nitrogen and oxygen atoms in total. The summed E-state index contributed by atoms with van der Waals surface area (Å²) in [4.78, 5) is 37.7. The molecule has 0 radical (unpaired) electrons. The van der Waals surface area contributed by atoms with E-state index in [1.165, 1.54) is 276 Å². The van der Waals surface area contributed by atoms with Crippen LogP contribution in [0.25, 0.3) is 0 Å². The van der Waals surface area contributed by atoms with Crippen molar-refractivity contribution in [2.75, 3.05) is 47.5 Å². The number of nitrogens with zero attached hydrogens (tertiary/aromatic N) is 1. The number of aliphatic carboxylic acids is 1. The predicted molar refractivity (Wildman–Crippen MR) is 387 cm³/mol. The van der Waals surface area contributed by atoms with Crippen LogP contribution in [0.4, 0.5) is 0 Å². The number of carboxylic acids is 1. The first-order valence-corrected chi connectivity index (χ1v) is 39.0. The number of carbonyl (C=O) groups is 3. The Morgan fingerprint density at radius 3 is 0.944 bits per heavy atom. The molecule has 0 aromatic heterocycles. The standard InChI is InChI=1S/C81H149NO8/c1-6-8-10-12-14-16-18-20-22-24-26-28-30-32-34-35-36-37-38-39-40-41-42-43-44-46-47-49-51-53-55-57-59-61-63-65-67-69-71-78(83)88-75-77(76-89-81(80(85)86)87-74-73-82(3,4)5)90-79(84)72-70-68-66-64-62-60-58-56-54-52-50-48-45-33-31-29-27-25-23-21-19-17-15-13-11-9-7-2/h9,11,15,17,21,23,27,29,33,45,77,81H,6-8,10,12-14,16,18-20,22,24-26,28,30-32,34-44,46-76H2,1-5H3/p+1/b11-9-,17-15-,23-21-,29-27-,45-33-. The van der Waals surface area contributed by atoms with Gasteiger partial charge in [0.1, 0.15) is 13.2 Å². The minimum Gasteiger partial charge on any atom is -0.477 e. The molecular formula is C81H150NO8+. The van der Waals surface area contributed by atoms with Gasteiger partial charge >= 0.3 is 17.9 Å². The zero-order valence-electron chi connectivity index (χ0n) is 60.3. The highest BCUT2D eigenvalue weighted by Crippen LogP contribution is 2.20. The average molecular weight is 1270 g/mol. The van der Waals surface area contributed by atoms with E-state index in [0.29, 0.717) is 17.4 Å². The number of rotatable bonds is 73. The first kappa shape index (κ1) is 87.0. The summed E-state index contributed by atoms with van der Waals surface area (Å²) in [6.07, 6.45) is 92.4. The van der Waals surface area contributed by atoms with Crippen molar-refractivity contribution in [1.29, 1.82) is 0 Å². The molecular weight excluding hydrogens is 1110 g/mol. The van der Waals surface area contributed by atoms with Crippen LogP contribution >= 0.6 is 0 Å². The summed E-state index contributed by atoms with van der Waals surface area (Å²) in [6, 6.07) is 0. The fourth-order valence-electron chi connectivity index (χ4n) is 11.6. The zero-order chi connectivity index (χ0) is 65.4. The van der Waals surface area contributed by atoms with Gasteiger partial charge in [-0.05, 0) is 57.8 Å². The van der Waals surface area contributed by atoms with E-state index in [4.69, 9.17) is 18.9 Å². The van der Waals surface area contributed by atoms with Crippen molar-refractivity contribution in [2.24, 2.45) is 0 Å². The van der Waals surface area contributed by atoms with E-state index in [1.807, 2.05) is 21.1 Å². The summed E-state index contributed by atoms with van der Waals surface area (Å²) in [5.41, 5.74) is 0. The minimum absolute atomic E-state index is 0.181. The van der Waals surface area contributed by atoms with Gasteiger partial charge < -0.3 is 28.5 Å². The van der Waals surface area contributed by atoms with E-state index >= 15 is 0 Å². The number of esters is 2. The Morgan fingerprint density at radius 1 is 0.344 bits per heavy atom. The summed E-state index contributed by atoms with van der Waals surface area (Å²) in [6.45, 7) is 4.82. The highest BCUT2D eigenvalue weighted by Gasteiger charge is 2.25. The molecule has 526 valence electrons. The quantitative estimate of drug-likeness (QED) is 0.0211. The Kier molecular flexibility index (Phi) is 69.4. The van der Waals surface area contributed by atoms with Gasteiger partial charge in [-0.1, -0.05) is 370 Å². The Labute approximate surface area is 558 Å². The lowest BCUT2D eigenvalue weighted by atomic mass is 10.0. The maximum Gasteiger partial charge on any atom is 0.361 e. The summed E-state index contributed by atoms with van der Waals surface area (Å²) in [5.74, 6) is -1.99. The zero-order valence-corrected chi connectivity index (χ0v) is 60.3. The van der Waals surface area contributed by atoms with Gasteiger partial charge in [-0.25, -0.2) is 4.79 Å². The summed E-state index contributed by atoms with van der Waals surface area (Å²) < 4.78 is 23.0. The number of carboxylic acid groups (broad SMARTS) is 1. The van der Waals surface area contributed by atoms with E-state index in [9.17, 15) is 19.5 Å². The molecule has 0 saturated carbocycles. The number of carbonyl (C=O) groups excluding carboxylic acids is 2. The van der Waals surface area contributed by atoms with Crippen LogP contribution in [0.3, 0.4) is 0 Å². The van der Waals surface area contributed by atoms with E-state index in [1.54, 1.807) is 0 Å². The molecule has 90 heavy (non-hydrogen) atoms. The summed E-state index contributed by atoms with van der Waals surface area (Å²) >= 11 is 0. The SMILES string of the molecule is CC/C=C\C/C=C\C/C=C\C/C=C\C/C=C\CCCCCCCCCCCCCC(=O)OC(COC(=O)CCCCCCCCCCCCCCCCCCCCCCCCCCCCCCCCCCCCCCCC)COC(OCC[N+](C)(C)C)C(=O)O. The van der Waals surface area contributed by atoms with Crippen molar-refractivity contribution in [3.8, 4) is 0 Å². The van der Waals surface area contributed by atoms with E-state index in [-0.39, 0.29) is 32.2 Å². The highest BCUT2D eigenvalue weighted by molar-refractivity contribution is 5.71. The molecule has 9 heteroatoms. The molecule has 0 amide bonds. The molecule has 2 atom stereocenters. The molecule has 0 aliphatic carbocycles. The molecule has 0 spiro atoms. The number of unbranched alkanes of at least 4 members (excludes halogenated alkanes) is 48. The van der Waals surface area contributed by atoms with E-state index in [2.05, 4.69) is 74.6 Å². The smallest absolute Gasteiger partial charge is 0.361 e. The monoisotopic (exact) mass is 1270 g/mol. The molecule has 0 aliphatic heterocycles. The Bertz CT molecular complexity index is 1660. The Morgan fingerprint density at radius 2 is 0.633 bits per heavy atom. The molecule has 0 aliphatic rings. The van der Waals surface area contributed by atoms with Crippen LogP contribution in [0.5, 0.6) is 0 Å². The van der Waals surface area contributed by atoms with Crippen molar-refractivity contribution < 1.29 is 42.9 Å². The number of hydrogen-bond donors (Lipinski definition) is 1. The van der Waals surface area contributed by atoms with E-state index < -0.39 is 24.3 Å². The third kappa shape index (κ3) is 72.4. The van der Waals surface area contributed by atoms with Gasteiger partial charge in [-0.2, -0.15) is 0 Å². The highest BCUT2D eigenvalue weighted by atomic mass is 16.7. The Balaban J connectivity index is 3.97. The second kappa shape index (κ2) is 71.8. The normalized spacial score (nSPS) is 12.9. The lowest BCUT2D eigenvalue weighted by Crippen LogP contribution is -2.40. The van der Waals surface area contributed by atoms with Gasteiger partial charge in [-0.3, -0.25) is 9.59 Å². The largest absolute Gasteiger partial charge is 0.477 e. The number of ether oxygens (including phenoxy) is 4. The molecule has 0 aromatic carbocycles. The fraction of sp³-hybridized carbons (Fsp3) is 0.840.